The Kier molecular flexibility index (Phi) is 6.72. The van der Waals surface area contributed by atoms with Crippen molar-refractivity contribution in [2.45, 2.75) is 0 Å². The summed E-state index contributed by atoms with van der Waals surface area (Å²) in [5.41, 5.74) is 9.04. The van der Waals surface area contributed by atoms with E-state index in [4.69, 9.17) is 29.6 Å². The van der Waals surface area contributed by atoms with Crippen LogP contribution in [0.4, 0.5) is 0 Å². The fraction of sp³-hybridized carbons (Fsp3) is 0. The van der Waals surface area contributed by atoms with Gasteiger partial charge in [-0.25, -0.2) is 15.0 Å². The molecule has 7 heteroatoms. The number of nitrogens with zero attached hydrogens (tertiary/aromatic N) is 6. The van der Waals surface area contributed by atoms with Crippen molar-refractivity contribution in [3.8, 4) is 51.0 Å². The summed E-state index contributed by atoms with van der Waals surface area (Å²) in [5, 5.41) is 16.2. The first kappa shape index (κ1) is 30.1. The number of benzene rings is 8. The lowest BCUT2D eigenvalue weighted by Gasteiger charge is -2.11. The van der Waals surface area contributed by atoms with Crippen LogP contribution in [-0.2, 0) is 0 Å². The van der Waals surface area contributed by atoms with Crippen molar-refractivity contribution in [1.29, 1.82) is 0 Å². The van der Waals surface area contributed by atoms with Crippen LogP contribution in [0.25, 0.3) is 105 Å². The maximum absolute atomic E-state index is 6.28. The van der Waals surface area contributed by atoms with Gasteiger partial charge in [-0.2, -0.15) is 4.80 Å². The van der Waals surface area contributed by atoms with Gasteiger partial charge in [0.05, 0.1) is 5.69 Å². The number of fused-ring (bicyclic) bond motifs is 8. The quantitative estimate of drug-likeness (QED) is 0.167. The number of rotatable bonds is 5. The largest absolute Gasteiger partial charge is 0.456 e. The van der Waals surface area contributed by atoms with Crippen molar-refractivity contribution in [2.24, 2.45) is 0 Å². The highest BCUT2D eigenvalue weighted by molar-refractivity contribution is 6.18. The molecule has 0 unspecified atom stereocenters. The predicted molar refractivity (Wildman–Crippen MR) is 216 cm³/mol. The molecule has 252 valence electrons. The second-order valence-corrected chi connectivity index (χ2v) is 13.4. The molecule has 0 bridgehead atoms. The van der Waals surface area contributed by atoms with Gasteiger partial charge in [0.25, 0.3) is 0 Å². The standard InChI is InChI=1S/C47H28N6O/c1-3-10-29(11-4-1)32-12-9-13-33(26-32)45-48-46(50-47(49-45)35-22-24-38-37-16-7-8-17-41(37)54-42(38)28-35)34-21-19-30-18-20-31-23-25-40-44(43(31)39(30)27-34)52-53(51-40)36-14-5-2-6-15-36/h1-28H. The Bertz CT molecular complexity index is 3220. The fourth-order valence-corrected chi connectivity index (χ4v) is 7.43. The van der Waals surface area contributed by atoms with E-state index in [1.165, 1.54) is 0 Å². The average Bonchev–Trinajstić information content (AvgIpc) is 3.86. The molecule has 0 radical (unpaired) electrons. The molecule has 0 aliphatic carbocycles. The van der Waals surface area contributed by atoms with Crippen LogP contribution in [0.5, 0.6) is 0 Å². The Morgan fingerprint density at radius 2 is 1.00 bits per heavy atom. The Morgan fingerprint density at radius 3 is 1.83 bits per heavy atom. The van der Waals surface area contributed by atoms with Crippen molar-refractivity contribution in [3.63, 3.8) is 0 Å². The topological polar surface area (TPSA) is 82.5 Å². The summed E-state index contributed by atoms with van der Waals surface area (Å²) in [6.45, 7) is 0. The molecule has 0 spiro atoms. The molecule has 11 aromatic rings. The zero-order chi connectivity index (χ0) is 35.6. The van der Waals surface area contributed by atoms with E-state index in [0.29, 0.717) is 17.5 Å². The van der Waals surface area contributed by atoms with Gasteiger partial charge < -0.3 is 4.42 Å². The first-order valence-corrected chi connectivity index (χ1v) is 17.8. The van der Waals surface area contributed by atoms with Gasteiger partial charge in [-0.3, -0.25) is 0 Å². The van der Waals surface area contributed by atoms with Crippen LogP contribution in [0.3, 0.4) is 0 Å². The zero-order valence-electron chi connectivity index (χ0n) is 28.8. The summed E-state index contributed by atoms with van der Waals surface area (Å²) < 4.78 is 6.28. The molecule has 0 saturated carbocycles. The summed E-state index contributed by atoms with van der Waals surface area (Å²) in [6, 6.07) is 57.8. The van der Waals surface area contributed by atoms with Gasteiger partial charge in [-0.05, 0) is 75.8 Å². The van der Waals surface area contributed by atoms with E-state index >= 15 is 0 Å². The minimum absolute atomic E-state index is 0.564. The minimum Gasteiger partial charge on any atom is -0.456 e. The summed E-state index contributed by atoms with van der Waals surface area (Å²) in [7, 11) is 0. The molecule has 0 atom stereocenters. The van der Waals surface area contributed by atoms with Crippen molar-refractivity contribution >= 4 is 54.5 Å². The van der Waals surface area contributed by atoms with E-state index in [2.05, 4.69) is 103 Å². The van der Waals surface area contributed by atoms with E-state index in [0.717, 1.165) is 88.0 Å². The summed E-state index contributed by atoms with van der Waals surface area (Å²) in [5.74, 6) is 1.72. The van der Waals surface area contributed by atoms with Crippen LogP contribution in [0.15, 0.2) is 174 Å². The Morgan fingerprint density at radius 1 is 0.389 bits per heavy atom. The first-order chi connectivity index (χ1) is 26.7. The molecule has 0 aliphatic rings. The van der Waals surface area contributed by atoms with Crippen LogP contribution < -0.4 is 0 Å². The van der Waals surface area contributed by atoms with Crippen LogP contribution in [0, 0.1) is 0 Å². The van der Waals surface area contributed by atoms with Crippen molar-refractivity contribution in [3.05, 3.63) is 170 Å². The maximum Gasteiger partial charge on any atom is 0.164 e. The highest BCUT2D eigenvalue weighted by Crippen LogP contribution is 2.36. The molecule has 0 N–H and O–H groups in total. The number of hydrogen-bond donors (Lipinski definition) is 0. The van der Waals surface area contributed by atoms with Gasteiger partial charge in [0.1, 0.15) is 22.2 Å². The highest BCUT2D eigenvalue weighted by atomic mass is 16.3. The smallest absolute Gasteiger partial charge is 0.164 e. The van der Waals surface area contributed by atoms with E-state index in [1.54, 1.807) is 4.80 Å². The summed E-state index contributed by atoms with van der Waals surface area (Å²) in [4.78, 5) is 17.1. The van der Waals surface area contributed by atoms with E-state index < -0.39 is 0 Å². The van der Waals surface area contributed by atoms with Gasteiger partial charge in [0.2, 0.25) is 0 Å². The third-order valence-corrected chi connectivity index (χ3v) is 10.1. The molecule has 3 heterocycles. The van der Waals surface area contributed by atoms with Crippen molar-refractivity contribution in [1.82, 2.24) is 29.9 Å². The number of hydrogen-bond acceptors (Lipinski definition) is 6. The predicted octanol–water partition coefficient (Wildman–Crippen LogP) is 11.5. The lowest BCUT2D eigenvalue weighted by atomic mass is 9.98. The van der Waals surface area contributed by atoms with Gasteiger partial charge in [0, 0.05) is 32.8 Å². The van der Waals surface area contributed by atoms with Crippen molar-refractivity contribution < 1.29 is 4.42 Å². The second kappa shape index (κ2) is 12.0. The fourth-order valence-electron chi connectivity index (χ4n) is 7.43. The monoisotopic (exact) mass is 692 g/mol. The highest BCUT2D eigenvalue weighted by Gasteiger charge is 2.17. The molecule has 0 saturated heterocycles. The molecule has 54 heavy (non-hydrogen) atoms. The third kappa shape index (κ3) is 5.02. The zero-order valence-corrected chi connectivity index (χ0v) is 28.8. The lowest BCUT2D eigenvalue weighted by Crippen LogP contribution is -2.00. The van der Waals surface area contributed by atoms with Crippen LogP contribution >= 0.6 is 0 Å². The van der Waals surface area contributed by atoms with Crippen LogP contribution in [-0.4, -0.2) is 29.9 Å². The average molecular weight is 693 g/mol. The second-order valence-electron chi connectivity index (χ2n) is 13.4. The Hall–Kier alpha value is -7.51. The molecule has 0 amide bonds. The van der Waals surface area contributed by atoms with Gasteiger partial charge >= 0.3 is 0 Å². The molecule has 8 aromatic carbocycles. The van der Waals surface area contributed by atoms with Crippen LogP contribution in [0.1, 0.15) is 0 Å². The number of aromatic nitrogens is 6. The number of para-hydroxylation sites is 2. The lowest BCUT2D eigenvalue weighted by molar-refractivity contribution is 0.669. The van der Waals surface area contributed by atoms with Gasteiger partial charge in [-0.15, -0.1) is 10.2 Å². The van der Waals surface area contributed by atoms with Crippen molar-refractivity contribution in [2.75, 3.05) is 0 Å². The van der Waals surface area contributed by atoms with E-state index in [-0.39, 0.29) is 0 Å². The summed E-state index contributed by atoms with van der Waals surface area (Å²) in [6.07, 6.45) is 0. The minimum atomic E-state index is 0.564. The molecule has 7 nitrogen and oxygen atoms in total. The number of furan rings is 1. The molecule has 0 fully saturated rings. The molecular weight excluding hydrogens is 665 g/mol. The molecular formula is C47H28N6O. The van der Waals surface area contributed by atoms with E-state index in [1.807, 2.05) is 66.7 Å². The van der Waals surface area contributed by atoms with Crippen LogP contribution in [0.2, 0.25) is 0 Å². The summed E-state index contributed by atoms with van der Waals surface area (Å²) >= 11 is 0. The first-order valence-electron chi connectivity index (χ1n) is 17.8. The Labute approximate surface area is 308 Å². The Balaban J connectivity index is 1.12. The van der Waals surface area contributed by atoms with E-state index in [9.17, 15) is 0 Å². The SMILES string of the molecule is c1ccc(-c2cccc(-c3nc(-c4ccc5c(c4)oc4ccccc45)nc(-c4ccc5ccc6ccc7nn(-c8ccccc8)nc7c6c5c4)n3)c2)cc1. The maximum atomic E-state index is 6.28. The van der Waals surface area contributed by atoms with Gasteiger partial charge in [0.15, 0.2) is 17.5 Å². The third-order valence-electron chi connectivity index (χ3n) is 10.1. The molecule has 0 aliphatic heterocycles. The normalized spacial score (nSPS) is 11.7. The molecule has 3 aromatic heterocycles. The van der Waals surface area contributed by atoms with Gasteiger partial charge in [-0.1, -0.05) is 121 Å². The molecule has 11 rings (SSSR count).